The second-order valence-electron chi connectivity index (χ2n) is 9.47. The number of allylic oxidation sites excluding steroid dienone is 2. The predicted molar refractivity (Wildman–Crippen MR) is 134 cm³/mol. The molecule has 0 spiro atoms. The van der Waals surface area contributed by atoms with Crippen molar-refractivity contribution >= 4 is 19.0 Å². The topological polar surface area (TPSA) is 15.9 Å². The maximum atomic E-state index is 4.55. The van der Waals surface area contributed by atoms with Gasteiger partial charge in [-0.25, -0.2) is 0 Å². The van der Waals surface area contributed by atoms with Gasteiger partial charge in [0, 0.05) is 29.3 Å². The summed E-state index contributed by atoms with van der Waals surface area (Å²) in [6, 6.07) is 13.8. The van der Waals surface area contributed by atoms with Crippen LogP contribution in [0.3, 0.4) is 0 Å². The molecule has 0 saturated heterocycles. The van der Waals surface area contributed by atoms with Gasteiger partial charge < -0.3 is 5.32 Å². The van der Waals surface area contributed by atoms with Crippen LogP contribution in [0, 0.1) is 5.92 Å². The number of hydrogen-bond acceptors (Lipinski definition) is 1. The second kappa shape index (κ2) is 9.28. The van der Waals surface area contributed by atoms with Crippen LogP contribution in [0.15, 0.2) is 73.5 Å². The zero-order valence-electron chi connectivity index (χ0n) is 19.3. The minimum Gasteiger partial charge on any atom is -0.316 e. The first-order valence-corrected chi connectivity index (χ1v) is 14.6. The summed E-state index contributed by atoms with van der Waals surface area (Å²) < 4.78 is 2.36. The fourth-order valence-corrected chi connectivity index (χ4v) is 5.60. The van der Waals surface area contributed by atoms with Gasteiger partial charge in [-0.05, 0) is 50.9 Å². The number of nitrogens with one attached hydrogen (secondary N) is 1. The Labute approximate surface area is 184 Å². The van der Waals surface area contributed by atoms with E-state index < -0.39 is 8.07 Å². The van der Waals surface area contributed by atoms with Gasteiger partial charge in [0.2, 0.25) is 5.69 Å². The number of rotatable bonds is 4. The minimum absolute atomic E-state index is 0.308. The molecule has 1 aliphatic heterocycles. The molecule has 3 rings (SSSR count). The van der Waals surface area contributed by atoms with Crippen LogP contribution < -0.4 is 15.1 Å². The third kappa shape index (κ3) is 4.74. The Bertz CT molecular complexity index is 965. The molecule has 0 bridgehead atoms. The van der Waals surface area contributed by atoms with Crippen molar-refractivity contribution in [2.24, 2.45) is 5.92 Å². The fraction of sp³-hybridized carbons (Fsp3) is 0.370. The first-order valence-electron chi connectivity index (χ1n) is 11.1. The van der Waals surface area contributed by atoms with E-state index in [0.717, 1.165) is 25.0 Å². The van der Waals surface area contributed by atoms with Crippen LogP contribution in [-0.4, -0.2) is 21.2 Å². The predicted octanol–water partition coefficient (Wildman–Crippen LogP) is 5.33. The molecule has 1 aromatic carbocycles. The van der Waals surface area contributed by atoms with Crippen molar-refractivity contribution in [1.29, 1.82) is 0 Å². The number of hydrogen-bond donors (Lipinski definition) is 1. The Hall–Kier alpha value is -2.23. The van der Waals surface area contributed by atoms with Gasteiger partial charge in [0.1, 0.15) is 0 Å². The SMILES string of the molecule is C=C(/C=C\C)C1CCc2ccccc2-c2ccc([Si](C)(C)C)c[n+]2C(=C)CC1NC. The van der Waals surface area contributed by atoms with E-state index in [2.05, 4.69) is 111 Å². The summed E-state index contributed by atoms with van der Waals surface area (Å²) in [6.45, 7) is 18.2. The second-order valence-corrected chi connectivity index (χ2v) is 14.5. The van der Waals surface area contributed by atoms with E-state index >= 15 is 0 Å². The van der Waals surface area contributed by atoms with Crippen molar-refractivity contribution in [3.05, 3.63) is 79.0 Å². The van der Waals surface area contributed by atoms with E-state index in [0.29, 0.717) is 12.0 Å². The average Bonchev–Trinajstić information content (AvgIpc) is 2.72. The van der Waals surface area contributed by atoms with Crippen molar-refractivity contribution in [2.45, 2.75) is 51.9 Å². The maximum absolute atomic E-state index is 4.55. The molecule has 158 valence electrons. The van der Waals surface area contributed by atoms with Crippen LogP contribution in [0.25, 0.3) is 17.0 Å². The lowest BCUT2D eigenvalue weighted by atomic mass is 9.83. The number of fused-ring (bicyclic) bond motifs is 3. The van der Waals surface area contributed by atoms with Gasteiger partial charge in [0.25, 0.3) is 0 Å². The highest BCUT2D eigenvalue weighted by Crippen LogP contribution is 2.30. The van der Waals surface area contributed by atoms with E-state index in [9.17, 15) is 0 Å². The molecule has 0 fully saturated rings. The lowest BCUT2D eigenvalue weighted by Crippen LogP contribution is -2.48. The number of nitrogens with zero attached hydrogens (tertiary/aromatic N) is 1. The van der Waals surface area contributed by atoms with Crippen LogP contribution in [0.4, 0.5) is 0 Å². The molecule has 2 atom stereocenters. The molecule has 0 radical (unpaired) electrons. The van der Waals surface area contributed by atoms with Gasteiger partial charge in [0.15, 0.2) is 11.9 Å². The molecular formula is C27H37N2Si+. The zero-order chi connectivity index (χ0) is 21.9. The summed E-state index contributed by atoms with van der Waals surface area (Å²) in [4.78, 5) is 0. The summed E-state index contributed by atoms with van der Waals surface area (Å²) in [7, 11) is 0.634. The summed E-state index contributed by atoms with van der Waals surface area (Å²) in [5.41, 5.74) is 6.30. The normalized spacial score (nSPS) is 20.0. The molecule has 30 heavy (non-hydrogen) atoms. The lowest BCUT2D eigenvalue weighted by Gasteiger charge is -2.29. The summed E-state index contributed by atoms with van der Waals surface area (Å²) in [6.07, 6.45) is 9.63. The third-order valence-electron chi connectivity index (χ3n) is 6.34. The summed E-state index contributed by atoms with van der Waals surface area (Å²) in [5.74, 6) is 0.373. The highest BCUT2D eigenvalue weighted by atomic mass is 28.3. The van der Waals surface area contributed by atoms with Crippen LogP contribution in [0.1, 0.15) is 25.3 Å². The first-order chi connectivity index (χ1) is 14.3. The number of aromatic nitrogens is 1. The minimum atomic E-state index is -1.43. The van der Waals surface area contributed by atoms with Crippen LogP contribution >= 0.6 is 0 Å². The van der Waals surface area contributed by atoms with Gasteiger partial charge >= 0.3 is 0 Å². The van der Waals surface area contributed by atoms with Crippen molar-refractivity contribution in [3.63, 3.8) is 0 Å². The van der Waals surface area contributed by atoms with E-state index in [1.165, 1.54) is 27.6 Å². The Morgan fingerprint density at radius 3 is 2.57 bits per heavy atom. The lowest BCUT2D eigenvalue weighted by molar-refractivity contribution is -0.570. The van der Waals surface area contributed by atoms with Crippen LogP contribution in [0.2, 0.25) is 19.6 Å². The van der Waals surface area contributed by atoms with E-state index in [1.807, 2.05) is 0 Å². The van der Waals surface area contributed by atoms with Gasteiger partial charge in [-0.15, -0.1) is 0 Å². The highest BCUT2D eigenvalue weighted by molar-refractivity contribution is 6.88. The van der Waals surface area contributed by atoms with Crippen molar-refractivity contribution in [2.75, 3.05) is 7.05 Å². The number of benzene rings is 1. The molecule has 2 nitrogen and oxygen atoms in total. The molecule has 1 N–H and O–H groups in total. The van der Waals surface area contributed by atoms with Crippen molar-refractivity contribution < 1.29 is 4.57 Å². The maximum Gasteiger partial charge on any atom is 0.218 e. The molecule has 0 aliphatic carbocycles. The molecule has 1 aliphatic rings. The monoisotopic (exact) mass is 417 g/mol. The van der Waals surface area contributed by atoms with E-state index in [4.69, 9.17) is 0 Å². The van der Waals surface area contributed by atoms with Gasteiger partial charge in [-0.1, -0.05) is 68.2 Å². The van der Waals surface area contributed by atoms with Crippen molar-refractivity contribution in [1.82, 2.24) is 5.32 Å². The molecule has 2 unspecified atom stereocenters. The zero-order valence-corrected chi connectivity index (χ0v) is 20.3. The Morgan fingerprint density at radius 2 is 1.90 bits per heavy atom. The average molecular weight is 418 g/mol. The fourth-order valence-electron chi connectivity index (χ4n) is 4.51. The number of aryl methyl sites for hydroxylation is 1. The summed E-state index contributed by atoms with van der Waals surface area (Å²) >= 11 is 0. The van der Waals surface area contributed by atoms with Crippen LogP contribution in [0.5, 0.6) is 0 Å². The molecular weight excluding hydrogens is 380 g/mol. The van der Waals surface area contributed by atoms with Gasteiger partial charge in [0.05, 0.1) is 8.07 Å². The third-order valence-corrected chi connectivity index (χ3v) is 8.37. The van der Waals surface area contributed by atoms with Crippen molar-refractivity contribution in [3.8, 4) is 11.3 Å². The summed E-state index contributed by atoms with van der Waals surface area (Å²) in [5, 5.41) is 5.04. The molecule has 2 heterocycles. The smallest absolute Gasteiger partial charge is 0.218 e. The molecule has 0 saturated carbocycles. The van der Waals surface area contributed by atoms with E-state index in [-0.39, 0.29) is 0 Å². The van der Waals surface area contributed by atoms with Gasteiger partial charge in [-0.3, -0.25) is 0 Å². The molecule has 2 aromatic rings. The Balaban J connectivity index is 2.18. The largest absolute Gasteiger partial charge is 0.316 e. The quantitative estimate of drug-likeness (QED) is 0.404. The van der Waals surface area contributed by atoms with Crippen LogP contribution in [-0.2, 0) is 6.42 Å². The number of pyridine rings is 1. The molecule has 3 heteroatoms. The Morgan fingerprint density at radius 1 is 1.17 bits per heavy atom. The van der Waals surface area contributed by atoms with E-state index in [1.54, 1.807) is 0 Å². The van der Waals surface area contributed by atoms with Gasteiger partial charge in [-0.2, -0.15) is 4.57 Å². The molecule has 1 aromatic heterocycles. The Kier molecular flexibility index (Phi) is 6.94. The molecule has 0 amide bonds. The highest BCUT2D eigenvalue weighted by Gasteiger charge is 2.31. The standard InChI is InChI=1S/C27H37N2Si/c1-8-11-20(2)24-16-14-22-12-9-10-13-25(22)27-17-15-23(30(5,6)7)19-29(27)21(3)18-26(24)28-4/h8-13,15,17,19,24,26,28H,2-3,14,16,18H2,1,4-7H3/q+1/b11-8-. The first kappa shape index (κ1) is 22.5.